The van der Waals surface area contributed by atoms with Gasteiger partial charge in [0.1, 0.15) is 0 Å². The third-order valence-corrected chi connectivity index (χ3v) is 2.22. The van der Waals surface area contributed by atoms with Gasteiger partial charge < -0.3 is 14.8 Å². The molecule has 1 amide bonds. The van der Waals surface area contributed by atoms with Crippen LogP contribution in [0.1, 0.15) is 26.2 Å². The number of hydrogen-bond acceptors (Lipinski definition) is 3. The first kappa shape index (κ1) is 11.5. The predicted octanol–water partition coefficient (Wildman–Crippen LogP) is 0.708. The Labute approximate surface area is 85.0 Å². The van der Waals surface area contributed by atoms with E-state index in [1.165, 1.54) is 0 Å². The Balaban J connectivity index is 1.97. The van der Waals surface area contributed by atoms with Crippen molar-refractivity contribution in [2.75, 3.05) is 26.4 Å². The Morgan fingerprint density at radius 2 is 2.21 bits per heavy atom. The van der Waals surface area contributed by atoms with Gasteiger partial charge in [-0.2, -0.15) is 0 Å². The second kappa shape index (κ2) is 6.79. The highest BCUT2D eigenvalue weighted by Crippen LogP contribution is 2.07. The summed E-state index contributed by atoms with van der Waals surface area (Å²) in [6, 6.07) is 0.206. The monoisotopic (exact) mass is 201 g/mol. The highest BCUT2D eigenvalue weighted by atomic mass is 16.5. The number of nitrogens with one attached hydrogen (secondary N) is 1. The van der Waals surface area contributed by atoms with Crippen LogP contribution in [0.3, 0.4) is 0 Å². The molecule has 1 N–H and O–H groups in total. The van der Waals surface area contributed by atoms with Crippen molar-refractivity contribution in [3.05, 3.63) is 0 Å². The number of carbonyl (C=O) groups is 1. The highest BCUT2D eigenvalue weighted by molar-refractivity contribution is 5.76. The molecule has 1 heterocycles. The second-order valence-corrected chi connectivity index (χ2v) is 3.43. The summed E-state index contributed by atoms with van der Waals surface area (Å²) >= 11 is 0. The van der Waals surface area contributed by atoms with Crippen molar-refractivity contribution >= 4 is 5.91 Å². The van der Waals surface area contributed by atoms with Gasteiger partial charge in [0.25, 0.3) is 0 Å². The van der Waals surface area contributed by atoms with Gasteiger partial charge in [-0.05, 0) is 19.8 Å². The minimum Gasteiger partial charge on any atom is -0.379 e. The number of rotatable bonds is 6. The molecule has 0 aromatic rings. The summed E-state index contributed by atoms with van der Waals surface area (Å²) in [5, 5.41) is 2.90. The molecule has 1 saturated heterocycles. The highest BCUT2D eigenvalue weighted by Gasteiger charge is 2.17. The Morgan fingerprint density at radius 1 is 1.43 bits per heavy atom. The Bertz CT molecular complexity index is 173. The van der Waals surface area contributed by atoms with Gasteiger partial charge in [0.15, 0.2) is 0 Å². The molecule has 0 saturated carbocycles. The Hall–Kier alpha value is -0.610. The summed E-state index contributed by atoms with van der Waals surface area (Å²) in [6.45, 7) is 4.54. The lowest BCUT2D eigenvalue weighted by molar-refractivity contribution is -0.124. The topological polar surface area (TPSA) is 47.6 Å². The fourth-order valence-corrected chi connectivity index (χ4v) is 1.49. The van der Waals surface area contributed by atoms with E-state index < -0.39 is 0 Å². The van der Waals surface area contributed by atoms with Crippen molar-refractivity contribution in [1.82, 2.24) is 5.32 Å². The number of piperidine rings is 1. The smallest absolute Gasteiger partial charge is 0.220 e. The molecule has 1 aliphatic rings. The molecule has 0 radical (unpaired) electrons. The van der Waals surface area contributed by atoms with Crippen LogP contribution in [0.25, 0.3) is 0 Å². The number of carbonyl (C=O) groups excluding carboxylic acids is 1. The fraction of sp³-hybridized carbons (Fsp3) is 0.900. The first-order valence-electron chi connectivity index (χ1n) is 5.27. The van der Waals surface area contributed by atoms with E-state index in [-0.39, 0.29) is 11.9 Å². The molecule has 1 fully saturated rings. The average Bonchev–Trinajstić information content (AvgIpc) is 2.18. The SMILES string of the molecule is CCOCCOC[C@H]1CCCC(=O)N1. The van der Waals surface area contributed by atoms with Crippen LogP contribution in [-0.4, -0.2) is 38.4 Å². The maximum Gasteiger partial charge on any atom is 0.220 e. The van der Waals surface area contributed by atoms with Gasteiger partial charge >= 0.3 is 0 Å². The minimum atomic E-state index is 0.148. The summed E-state index contributed by atoms with van der Waals surface area (Å²) in [6.07, 6.45) is 2.67. The molecule has 0 unspecified atom stereocenters. The molecular weight excluding hydrogens is 182 g/mol. The number of amides is 1. The van der Waals surface area contributed by atoms with Crippen molar-refractivity contribution in [2.45, 2.75) is 32.2 Å². The van der Waals surface area contributed by atoms with Crippen molar-refractivity contribution in [3.8, 4) is 0 Å². The first-order chi connectivity index (χ1) is 6.83. The lowest BCUT2D eigenvalue weighted by atomic mass is 10.1. The third-order valence-electron chi connectivity index (χ3n) is 2.22. The summed E-state index contributed by atoms with van der Waals surface area (Å²) in [5.41, 5.74) is 0. The van der Waals surface area contributed by atoms with Crippen LogP contribution in [0, 0.1) is 0 Å². The summed E-state index contributed by atoms with van der Waals surface area (Å²) in [7, 11) is 0. The Morgan fingerprint density at radius 3 is 2.93 bits per heavy atom. The standard InChI is InChI=1S/C10H19NO3/c1-2-13-6-7-14-8-9-4-3-5-10(12)11-9/h9H,2-8H2,1H3,(H,11,12)/t9-/m1/s1. The summed E-state index contributed by atoms with van der Waals surface area (Å²) in [4.78, 5) is 11.0. The first-order valence-corrected chi connectivity index (χ1v) is 5.27. The van der Waals surface area contributed by atoms with Gasteiger partial charge in [-0.3, -0.25) is 4.79 Å². The molecule has 4 heteroatoms. The van der Waals surface area contributed by atoms with Crippen LogP contribution in [0.5, 0.6) is 0 Å². The van der Waals surface area contributed by atoms with Gasteiger partial charge in [-0.15, -0.1) is 0 Å². The molecule has 1 atom stereocenters. The van der Waals surface area contributed by atoms with Crippen LogP contribution >= 0.6 is 0 Å². The Kier molecular flexibility index (Phi) is 5.56. The van der Waals surface area contributed by atoms with E-state index in [0.29, 0.717) is 26.2 Å². The largest absolute Gasteiger partial charge is 0.379 e. The van der Waals surface area contributed by atoms with Crippen LogP contribution in [-0.2, 0) is 14.3 Å². The van der Waals surface area contributed by atoms with Crippen molar-refractivity contribution < 1.29 is 14.3 Å². The molecular formula is C10H19NO3. The van der Waals surface area contributed by atoms with E-state index in [1.807, 2.05) is 6.92 Å². The van der Waals surface area contributed by atoms with Crippen molar-refractivity contribution in [2.24, 2.45) is 0 Å². The fourth-order valence-electron chi connectivity index (χ4n) is 1.49. The zero-order valence-electron chi connectivity index (χ0n) is 8.75. The molecule has 14 heavy (non-hydrogen) atoms. The normalized spacial score (nSPS) is 22.1. The van der Waals surface area contributed by atoms with Crippen LogP contribution in [0.2, 0.25) is 0 Å². The second-order valence-electron chi connectivity index (χ2n) is 3.43. The predicted molar refractivity (Wildman–Crippen MR) is 53.1 cm³/mol. The molecule has 0 aromatic carbocycles. The maximum atomic E-state index is 11.0. The quantitative estimate of drug-likeness (QED) is 0.644. The molecule has 82 valence electrons. The lowest BCUT2D eigenvalue weighted by Gasteiger charge is -2.22. The molecule has 4 nitrogen and oxygen atoms in total. The zero-order valence-corrected chi connectivity index (χ0v) is 8.75. The molecule has 0 aliphatic carbocycles. The average molecular weight is 201 g/mol. The van der Waals surface area contributed by atoms with Gasteiger partial charge in [-0.1, -0.05) is 0 Å². The van der Waals surface area contributed by atoms with E-state index in [9.17, 15) is 4.79 Å². The minimum absolute atomic E-state index is 0.148. The van der Waals surface area contributed by atoms with E-state index in [4.69, 9.17) is 9.47 Å². The maximum absolute atomic E-state index is 11.0. The molecule has 1 rings (SSSR count). The van der Waals surface area contributed by atoms with Gasteiger partial charge in [0, 0.05) is 13.0 Å². The van der Waals surface area contributed by atoms with E-state index in [2.05, 4.69) is 5.32 Å². The van der Waals surface area contributed by atoms with Crippen molar-refractivity contribution in [3.63, 3.8) is 0 Å². The van der Waals surface area contributed by atoms with E-state index >= 15 is 0 Å². The van der Waals surface area contributed by atoms with E-state index in [0.717, 1.165) is 19.4 Å². The number of hydrogen-bond donors (Lipinski definition) is 1. The van der Waals surface area contributed by atoms with Crippen LogP contribution < -0.4 is 5.32 Å². The van der Waals surface area contributed by atoms with Crippen molar-refractivity contribution in [1.29, 1.82) is 0 Å². The zero-order chi connectivity index (χ0) is 10.2. The molecule has 0 spiro atoms. The summed E-state index contributed by atoms with van der Waals surface area (Å²) in [5.74, 6) is 0.148. The number of ether oxygens (including phenoxy) is 2. The van der Waals surface area contributed by atoms with Gasteiger partial charge in [-0.25, -0.2) is 0 Å². The van der Waals surface area contributed by atoms with Crippen LogP contribution in [0.15, 0.2) is 0 Å². The van der Waals surface area contributed by atoms with Gasteiger partial charge in [0.05, 0.1) is 25.9 Å². The molecule has 0 aromatic heterocycles. The lowest BCUT2D eigenvalue weighted by Crippen LogP contribution is -2.41. The molecule has 0 bridgehead atoms. The van der Waals surface area contributed by atoms with Gasteiger partial charge in [0.2, 0.25) is 5.91 Å². The van der Waals surface area contributed by atoms with Crippen LogP contribution in [0.4, 0.5) is 0 Å². The van der Waals surface area contributed by atoms with E-state index in [1.54, 1.807) is 0 Å². The molecule has 1 aliphatic heterocycles. The third kappa shape index (κ3) is 4.58. The summed E-state index contributed by atoms with van der Waals surface area (Å²) < 4.78 is 10.5.